The van der Waals surface area contributed by atoms with Crippen LogP contribution in [0.5, 0.6) is 0 Å². The molecule has 0 radical (unpaired) electrons. The predicted octanol–water partition coefficient (Wildman–Crippen LogP) is 1.93. The van der Waals surface area contributed by atoms with Crippen LogP contribution in [0.3, 0.4) is 0 Å². The van der Waals surface area contributed by atoms with E-state index in [4.69, 9.17) is 5.11 Å². The maximum atomic E-state index is 11.6. The Balaban J connectivity index is 2.61. The van der Waals surface area contributed by atoms with Gasteiger partial charge in [-0.25, -0.2) is 4.79 Å². The SMILES string of the molecule is CC(C)[C@@H](NC(=O)C=Cc1ccccc1)C(=O)O. The molecule has 1 amide bonds. The lowest BCUT2D eigenvalue weighted by atomic mass is 10.0. The first-order valence-electron chi connectivity index (χ1n) is 5.77. The average molecular weight is 247 g/mol. The van der Waals surface area contributed by atoms with Crippen LogP contribution in [0.2, 0.25) is 0 Å². The normalized spacial score (nSPS) is 12.6. The third-order valence-corrected chi connectivity index (χ3v) is 2.46. The van der Waals surface area contributed by atoms with Crippen molar-refractivity contribution < 1.29 is 14.7 Å². The molecule has 0 bridgehead atoms. The second kappa shape index (κ2) is 6.59. The highest BCUT2D eigenvalue weighted by atomic mass is 16.4. The molecule has 1 rings (SSSR count). The maximum absolute atomic E-state index is 11.6. The first-order chi connectivity index (χ1) is 8.50. The van der Waals surface area contributed by atoms with Gasteiger partial charge in [0.1, 0.15) is 6.04 Å². The molecule has 0 fully saturated rings. The van der Waals surface area contributed by atoms with Gasteiger partial charge in [0, 0.05) is 6.08 Å². The van der Waals surface area contributed by atoms with Crippen LogP contribution in [-0.4, -0.2) is 23.0 Å². The van der Waals surface area contributed by atoms with E-state index in [9.17, 15) is 9.59 Å². The van der Waals surface area contributed by atoms with Gasteiger partial charge in [-0.15, -0.1) is 0 Å². The van der Waals surface area contributed by atoms with Crippen molar-refractivity contribution >= 4 is 18.0 Å². The summed E-state index contributed by atoms with van der Waals surface area (Å²) in [5.74, 6) is -1.58. The molecule has 0 aromatic heterocycles. The molecule has 1 aromatic carbocycles. The van der Waals surface area contributed by atoms with Crippen LogP contribution in [0.25, 0.3) is 6.08 Å². The van der Waals surface area contributed by atoms with E-state index in [0.29, 0.717) is 0 Å². The zero-order valence-electron chi connectivity index (χ0n) is 10.5. The van der Waals surface area contributed by atoms with E-state index in [-0.39, 0.29) is 5.92 Å². The lowest BCUT2D eigenvalue weighted by Crippen LogP contribution is -2.43. The van der Waals surface area contributed by atoms with Gasteiger partial charge in [-0.05, 0) is 17.6 Å². The van der Waals surface area contributed by atoms with Crippen LogP contribution in [0.15, 0.2) is 36.4 Å². The highest BCUT2D eigenvalue weighted by Crippen LogP contribution is 2.03. The van der Waals surface area contributed by atoms with Crippen LogP contribution in [0.4, 0.5) is 0 Å². The summed E-state index contributed by atoms with van der Waals surface area (Å²) < 4.78 is 0. The van der Waals surface area contributed by atoms with Crippen LogP contribution in [0.1, 0.15) is 19.4 Å². The molecule has 0 spiro atoms. The first-order valence-corrected chi connectivity index (χ1v) is 5.77. The highest BCUT2D eigenvalue weighted by Gasteiger charge is 2.22. The van der Waals surface area contributed by atoms with E-state index in [0.717, 1.165) is 5.56 Å². The number of nitrogens with one attached hydrogen (secondary N) is 1. The molecule has 0 aliphatic rings. The van der Waals surface area contributed by atoms with Gasteiger partial charge in [-0.3, -0.25) is 4.79 Å². The van der Waals surface area contributed by atoms with Crippen LogP contribution < -0.4 is 5.32 Å². The number of rotatable bonds is 5. The minimum Gasteiger partial charge on any atom is -0.480 e. The fourth-order valence-electron chi connectivity index (χ4n) is 1.45. The Bertz CT molecular complexity index is 438. The molecule has 0 saturated carbocycles. The zero-order valence-corrected chi connectivity index (χ0v) is 10.5. The van der Waals surface area contributed by atoms with Crippen molar-refractivity contribution in [1.29, 1.82) is 0 Å². The maximum Gasteiger partial charge on any atom is 0.326 e. The van der Waals surface area contributed by atoms with Crippen molar-refractivity contribution in [2.75, 3.05) is 0 Å². The molecule has 4 nitrogen and oxygen atoms in total. The Morgan fingerprint density at radius 2 is 1.83 bits per heavy atom. The number of hydrogen-bond donors (Lipinski definition) is 2. The largest absolute Gasteiger partial charge is 0.480 e. The number of benzene rings is 1. The topological polar surface area (TPSA) is 66.4 Å². The van der Waals surface area contributed by atoms with E-state index in [1.165, 1.54) is 6.08 Å². The van der Waals surface area contributed by atoms with E-state index in [1.807, 2.05) is 30.3 Å². The van der Waals surface area contributed by atoms with Crippen molar-refractivity contribution in [3.8, 4) is 0 Å². The molecule has 0 saturated heterocycles. The van der Waals surface area contributed by atoms with E-state index >= 15 is 0 Å². The molecule has 18 heavy (non-hydrogen) atoms. The predicted molar refractivity (Wildman–Crippen MR) is 69.9 cm³/mol. The van der Waals surface area contributed by atoms with E-state index in [2.05, 4.69) is 5.32 Å². The molecule has 2 N–H and O–H groups in total. The van der Waals surface area contributed by atoms with Gasteiger partial charge < -0.3 is 10.4 Å². The molecule has 0 unspecified atom stereocenters. The molecule has 0 aliphatic heterocycles. The number of hydrogen-bond acceptors (Lipinski definition) is 2. The van der Waals surface area contributed by atoms with Crippen molar-refractivity contribution in [1.82, 2.24) is 5.32 Å². The minimum absolute atomic E-state index is 0.156. The Morgan fingerprint density at radius 1 is 1.22 bits per heavy atom. The second-order valence-electron chi connectivity index (χ2n) is 4.31. The molecular formula is C14H17NO3. The molecular weight excluding hydrogens is 230 g/mol. The number of aliphatic carboxylic acids is 1. The van der Waals surface area contributed by atoms with Gasteiger partial charge in [0.05, 0.1) is 0 Å². The number of carbonyl (C=O) groups is 2. The summed E-state index contributed by atoms with van der Waals surface area (Å²) in [5.41, 5.74) is 0.893. The van der Waals surface area contributed by atoms with Crippen LogP contribution >= 0.6 is 0 Å². The summed E-state index contributed by atoms with van der Waals surface area (Å²) in [6, 6.07) is 8.48. The molecule has 0 aliphatic carbocycles. The monoisotopic (exact) mass is 247 g/mol. The van der Waals surface area contributed by atoms with Gasteiger partial charge in [0.15, 0.2) is 0 Å². The zero-order chi connectivity index (χ0) is 13.5. The van der Waals surface area contributed by atoms with Crippen molar-refractivity contribution in [3.63, 3.8) is 0 Å². The third-order valence-electron chi connectivity index (χ3n) is 2.46. The molecule has 1 aromatic rings. The average Bonchev–Trinajstić information content (AvgIpc) is 2.34. The lowest BCUT2D eigenvalue weighted by Gasteiger charge is -2.16. The summed E-state index contributed by atoms with van der Waals surface area (Å²) in [5, 5.41) is 11.4. The standard InChI is InChI=1S/C14H17NO3/c1-10(2)13(14(17)18)15-12(16)9-8-11-6-4-3-5-7-11/h3-10,13H,1-2H3,(H,15,16)(H,17,18)/t13-/m1/s1. The highest BCUT2D eigenvalue weighted by molar-refractivity contribution is 5.94. The quantitative estimate of drug-likeness (QED) is 0.781. The first kappa shape index (κ1) is 14.0. The summed E-state index contributed by atoms with van der Waals surface area (Å²) in [6.07, 6.45) is 2.99. The summed E-state index contributed by atoms with van der Waals surface area (Å²) in [4.78, 5) is 22.5. The fraction of sp³-hybridized carbons (Fsp3) is 0.286. The summed E-state index contributed by atoms with van der Waals surface area (Å²) in [7, 11) is 0. The van der Waals surface area contributed by atoms with Crippen molar-refractivity contribution in [3.05, 3.63) is 42.0 Å². The van der Waals surface area contributed by atoms with E-state index in [1.54, 1.807) is 19.9 Å². The third kappa shape index (κ3) is 4.41. The smallest absolute Gasteiger partial charge is 0.326 e. The van der Waals surface area contributed by atoms with Crippen LogP contribution in [0, 0.1) is 5.92 Å². The van der Waals surface area contributed by atoms with Crippen molar-refractivity contribution in [2.24, 2.45) is 5.92 Å². The summed E-state index contributed by atoms with van der Waals surface area (Å²) >= 11 is 0. The van der Waals surface area contributed by atoms with E-state index < -0.39 is 17.9 Å². The summed E-state index contributed by atoms with van der Waals surface area (Å²) in [6.45, 7) is 3.50. The molecule has 1 atom stereocenters. The fourth-order valence-corrected chi connectivity index (χ4v) is 1.45. The minimum atomic E-state index is -1.02. The van der Waals surface area contributed by atoms with Gasteiger partial charge in [-0.1, -0.05) is 44.2 Å². The number of carbonyl (C=O) groups excluding carboxylic acids is 1. The molecule has 0 heterocycles. The van der Waals surface area contributed by atoms with Crippen molar-refractivity contribution in [2.45, 2.75) is 19.9 Å². The van der Waals surface area contributed by atoms with Gasteiger partial charge in [0.25, 0.3) is 0 Å². The second-order valence-corrected chi connectivity index (χ2v) is 4.31. The molecule has 4 heteroatoms. The Morgan fingerprint density at radius 3 is 2.33 bits per heavy atom. The Kier molecular flexibility index (Phi) is 5.11. The number of carboxylic acid groups (broad SMARTS) is 1. The lowest BCUT2D eigenvalue weighted by molar-refractivity contribution is -0.142. The Labute approximate surface area is 106 Å². The number of amides is 1. The van der Waals surface area contributed by atoms with Gasteiger partial charge in [-0.2, -0.15) is 0 Å². The Hall–Kier alpha value is -2.10. The van der Waals surface area contributed by atoms with Gasteiger partial charge >= 0.3 is 5.97 Å². The van der Waals surface area contributed by atoms with Gasteiger partial charge in [0.2, 0.25) is 5.91 Å². The van der Waals surface area contributed by atoms with Crippen LogP contribution in [-0.2, 0) is 9.59 Å². The number of carboxylic acids is 1. The molecule has 96 valence electrons.